The van der Waals surface area contributed by atoms with Gasteiger partial charge in [0.25, 0.3) is 0 Å². The Morgan fingerprint density at radius 1 is 1.23 bits per heavy atom. The average molecular weight is 482 g/mol. The summed E-state index contributed by atoms with van der Waals surface area (Å²) >= 11 is 0. The molecule has 188 valence electrons. The lowest BCUT2D eigenvalue weighted by Gasteiger charge is -2.27. The van der Waals surface area contributed by atoms with Gasteiger partial charge >= 0.3 is 0 Å². The van der Waals surface area contributed by atoms with E-state index in [1.54, 1.807) is 16.8 Å². The van der Waals surface area contributed by atoms with E-state index in [9.17, 15) is 9.50 Å². The van der Waals surface area contributed by atoms with Gasteiger partial charge in [0.15, 0.2) is 0 Å². The summed E-state index contributed by atoms with van der Waals surface area (Å²) in [6, 6.07) is 15.9. The molecule has 1 aromatic heterocycles. The lowest BCUT2D eigenvalue weighted by molar-refractivity contribution is 0.0434. The van der Waals surface area contributed by atoms with Gasteiger partial charge in [-0.1, -0.05) is 44.0 Å². The molecule has 7 heteroatoms. The van der Waals surface area contributed by atoms with Crippen LogP contribution < -0.4 is 4.74 Å². The highest BCUT2D eigenvalue weighted by Crippen LogP contribution is 2.32. The standard InChI is InChI=1S/C28H36FN3O3/c1-3-4-13-24(33)18-31(19-26-15-9-16-34-26)20-27-21(2)30-32(23-11-6-5-7-12-23)28(27)35-25-14-8-10-22(29)17-25/h5-8,10-12,14,17,24,26,33H,3-4,9,13,15-16,18-20H2,1-2H3/t24-,26+/m1/s1. The first kappa shape index (κ1) is 25.4. The molecule has 0 amide bonds. The van der Waals surface area contributed by atoms with Crippen LogP contribution in [0.3, 0.4) is 0 Å². The Morgan fingerprint density at radius 2 is 2.06 bits per heavy atom. The SMILES string of the molecule is CCCC[C@@H](O)CN(Cc1c(C)nn(-c2ccccc2)c1Oc1cccc(F)c1)C[C@@H]1CCCO1. The number of benzene rings is 2. The summed E-state index contributed by atoms with van der Waals surface area (Å²) in [7, 11) is 0. The van der Waals surface area contributed by atoms with Crippen LogP contribution in [-0.2, 0) is 11.3 Å². The van der Waals surface area contributed by atoms with Gasteiger partial charge in [0.05, 0.1) is 29.2 Å². The van der Waals surface area contributed by atoms with E-state index < -0.39 is 6.10 Å². The van der Waals surface area contributed by atoms with Gasteiger partial charge in [-0.25, -0.2) is 9.07 Å². The number of aliphatic hydroxyl groups excluding tert-OH is 1. The van der Waals surface area contributed by atoms with Crippen LogP contribution in [0.2, 0.25) is 0 Å². The van der Waals surface area contributed by atoms with Crippen molar-refractivity contribution in [3.05, 3.63) is 71.7 Å². The zero-order chi connectivity index (χ0) is 24.6. The van der Waals surface area contributed by atoms with Crippen molar-refractivity contribution in [3.63, 3.8) is 0 Å². The van der Waals surface area contributed by atoms with E-state index in [-0.39, 0.29) is 11.9 Å². The molecule has 2 aromatic carbocycles. The largest absolute Gasteiger partial charge is 0.438 e. The Hall–Kier alpha value is -2.74. The number of nitrogens with zero attached hydrogens (tertiary/aromatic N) is 3. The van der Waals surface area contributed by atoms with Gasteiger partial charge in [-0.2, -0.15) is 5.10 Å². The first-order chi connectivity index (χ1) is 17.0. The molecule has 0 radical (unpaired) electrons. The van der Waals surface area contributed by atoms with E-state index in [1.165, 1.54) is 12.1 Å². The molecule has 0 bridgehead atoms. The van der Waals surface area contributed by atoms with Crippen molar-refractivity contribution in [1.29, 1.82) is 0 Å². The minimum absolute atomic E-state index is 0.158. The smallest absolute Gasteiger partial charge is 0.227 e. The molecule has 35 heavy (non-hydrogen) atoms. The molecule has 1 fully saturated rings. The van der Waals surface area contributed by atoms with E-state index in [0.717, 1.165) is 62.2 Å². The first-order valence-corrected chi connectivity index (χ1v) is 12.6. The van der Waals surface area contributed by atoms with Gasteiger partial charge in [-0.3, -0.25) is 4.90 Å². The Kier molecular flexibility index (Phi) is 8.90. The maximum atomic E-state index is 13.9. The van der Waals surface area contributed by atoms with E-state index >= 15 is 0 Å². The van der Waals surface area contributed by atoms with E-state index in [2.05, 4.69) is 11.8 Å². The van der Waals surface area contributed by atoms with E-state index in [1.807, 2.05) is 37.3 Å². The zero-order valence-corrected chi connectivity index (χ0v) is 20.7. The summed E-state index contributed by atoms with van der Waals surface area (Å²) < 4.78 is 27.9. The number of halogens is 1. The van der Waals surface area contributed by atoms with Crippen LogP contribution in [0.4, 0.5) is 4.39 Å². The third-order valence-corrected chi connectivity index (χ3v) is 6.38. The van der Waals surface area contributed by atoms with Crippen LogP contribution in [0, 0.1) is 12.7 Å². The molecule has 4 rings (SSSR count). The second-order valence-corrected chi connectivity index (χ2v) is 9.30. The fourth-order valence-corrected chi connectivity index (χ4v) is 4.54. The Bertz CT molecular complexity index is 1070. The lowest BCUT2D eigenvalue weighted by Crippen LogP contribution is -2.37. The van der Waals surface area contributed by atoms with Crippen LogP contribution in [-0.4, -0.2) is 51.7 Å². The molecule has 0 spiro atoms. The second kappa shape index (κ2) is 12.3. The van der Waals surface area contributed by atoms with Gasteiger partial charge in [0.2, 0.25) is 5.88 Å². The fourth-order valence-electron chi connectivity index (χ4n) is 4.54. The number of hydrogen-bond acceptors (Lipinski definition) is 5. The van der Waals surface area contributed by atoms with Crippen molar-refractivity contribution in [1.82, 2.24) is 14.7 Å². The number of para-hydroxylation sites is 1. The average Bonchev–Trinajstić information content (AvgIpc) is 3.47. The number of unbranched alkanes of at least 4 members (excludes halogenated alkanes) is 1. The summed E-state index contributed by atoms with van der Waals surface area (Å²) in [6.45, 7) is 6.72. The predicted octanol–water partition coefficient (Wildman–Crippen LogP) is 5.64. The monoisotopic (exact) mass is 481 g/mol. The van der Waals surface area contributed by atoms with E-state index in [4.69, 9.17) is 14.6 Å². The van der Waals surface area contributed by atoms with Crippen molar-refractivity contribution >= 4 is 0 Å². The summed E-state index contributed by atoms with van der Waals surface area (Å²) in [6.07, 6.45) is 4.66. The summed E-state index contributed by atoms with van der Waals surface area (Å²) in [5.74, 6) is 0.613. The number of aryl methyl sites for hydroxylation is 1. The van der Waals surface area contributed by atoms with Crippen molar-refractivity contribution in [2.75, 3.05) is 19.7 Å². The third-order valence-electron chi connectivity index (χ3n) is 6.38. The number of hydrogen-bond donors (Lipinski definition) is 1. The third kappa shape index (κ3) is 6.90. The Balaban J connectivity index is 1.66. The maximum Gasteiger partial charge on any atom is 0.227 e. The highest BCUT2D eigenvalue weighted by Gasteiger charge is 2.26. The van der Waals surface area contributed by atoms with Gasteiger partial charge in [0.1, 0.15) is 11.6 Å². The minimum atomic E-state index is -0.409. The molecule has 0 aliphatic carbocycles. The Morgan fingerprint density at radius 3 is 2.77 bits per heavy atom. The first-order valence-electron chi connectivity index (χ1n) is 12.6. The highest BCUT2D eigenvalue weighted by atomic mass is 19.1. The quantitative estimate of drug-likeness (QED) is 0.363. The minimum Gasteiger partial charge on any atom is -0.438 e. The zero-order valence-electron chi connectivity index (χ0n) is 20.7. The molecule has 1 saturated heterocycles. The van der Waals surface area contributed by atoms with Gasteiger partial charge < -0.3 is 14.6 Å². The number of rotatable bonds is 12. The summed E-state index contributed by atoms with van der Waals surface area (Å²) in [4.78, 5) is 2.24. The molecule has 2 heterocycles. The van der Waals surface area contributed by atoms with Crippen LogP contribution >= 0.6 is 0 Å². The van der Waals surface area contributed by atoms with Crippen molar-refractivity contribution in [3.8, 4) is 17.3 Å². The molecule has 0 saturated carbocycles. The predicted molar refractivity (Wildman–Crippen MR) is 135 cm³/mol. The van der Waals surface area contributed by atoms with E-state index in [0.29, 0.717) is 24.7 Å². The molecule has 0 unspecified atom stereocenters. The number of ether oxygens (including phenoxy) is 2. The number of aromatic nitrogens is 2. The molecule has 2 atom stereocenters. The molecule has 1 N–H and O–H groups in total. The summed E-state index contributed by atoms with van der Waals surface area (Å²) in [5.41, 5.74) is 2.61. The molecule has 3 aromatic rings. The maximum absolute atomic E-state index is 13.9. The second-order valence-electron chi connectivity index (χ2n) is 9.30. The van der Waals surface area contributed by atoms with Gasteiger partial charge in [0, 0.05) is 32.3 Å². The normalized spacial score (nSPS) is 16.7. The molecule has 1 aliphatic heterocycles. The van der Waals surface area contributed by atoms with Crippen LogP contribution in [0.1, 0.15) is 50.3 Å². The Labute approximate surface area is 207 Å². The lowest BCUT2D eigenvalue weighted by atomic mass is 10.1. The fraction of sp³-hybridized carbons (Fsp3) is 0.464. The van der Waals surface area contributed by atoms with Gasteiger partial charge in [-0.05, 0) is 50.5 Å². The van der Waals surface area contributed by atoms with Crippen LogP contribution in [0.15, 0.2) is 54.6 Å². The van der Waals surface area contributed by atoms with Crippen LogP contribution in [0.5, 0.6) is 11.6 Å². The number of aliphatic hydroxyl groups is 1. The van der Waals surface area contributed by atoms with Crippen LogP contribution in [0.25, 0.3) is 5.69 Å². The molecule has 1 aliphatic rings. The van der Waals surface area contributed by atoms with Crippen molar-refractivity contribution in [2.24, 2.45) is 0 Å². The molecular formula is C28H36FN3O3. The van der Waals surface area contributed by atoms with Crippen molar-refractivity contribution < 1.29 is 19.0 Å². The topological polar surface area (TPSA) is 59.8 Å². The molecular weight excluding hydrogens is 445 g/mol. The summed E-state index contributed by atoms with van der Waals surface area (Å²) in [5, 5.41) is 15.5. The molecule has 6 nitrogen and oxygen atoms in total. The highest BCUT2D eigenvalue weighted by molar-refractivity contribution is 5.43. The van der Waals surface area contributed by atoms with Gasteiger partial charge in [-0.15, -0.1) is 0 Å². The van der Waals surface area contributed by atoms with Crippen molar-refractivity contribution in [2.45, 2.75) is 64.7 Å².